The van der Waals surface area contributed by atoms with Gasteiger partial charge in [-0.25, -0.2) is 4.98 Å². The van der Waals surface area contributed by atoms with Gasteiger partial charge in [-0.2, -0.15) is 4.98 Å². The standard InChI is InChI=1S/C55H47ClN4O3/c1-3-37-35-60(34-36-30-45(38-16-8-4-9-17-38)51(62-2)46(31-36)39-18-10-5-11-19-39)29-27-42(37)32-49(60)52(44-26-28-57-48-25-24-43(61)33-47(44)48)63-55-50(40-20-12-6-13-21-40)53(56)58-54(59-55)41-22-14-7-15-23-41/h3-26,28,30-31,33,37,42,49,52H,1,27,29,32,34-35H2,2H3/p+1/t37-,42-,49+,52-,60?/m0/s1. The minimum Gasteiger partial charge on any atom is -0.508 e. The number of methoxy groups -OCH3 is 1. The SMILES string of the molecule is C=C[C@H]1C[N+]2(Cc3cc(-c4ccccc4)c(OC)c(-c4ccccc4)c3)CC[C@H]1C[C@@H]2[C@@H](Oc1nc(-c2ccccc2)nc(Cl)c1-c1ccccc1)c1ccnc2ccc(O)cc12. The van der Waals surface area contributed by atoms with Crippen molar-refractivity contribution in [2.24, 2.45) is 11.8 Å². The van der Waals surface area contributed by atoms with Gasteiger partial charge in [-0.05, 0) is 59.0 Å². The van der Waals surface area contributed by atoms with E-state index < -0.39 is 6.10 Å². The lowest BCUT2D eigenvalue weighted by molar-refractivity contribution is -0.984. The average Bonchev–Trinajstić information content (AvgIpc) is 3.33. The second-order valence-corrected chi connectivity index (χ2v) is 17.2. The van der Waals surface area contributed by atoms with Crippen LogP contribution < -0.4 is 9.47 Å². The maximum atomic E-state index is 11.0. The Labute approximate surface area is 373 Å². The predicted molar refractivity (Wildman–Crippen MR) is 252 cm³/mol. The third kappa shape index (κ3) is 7.73. The number of phenols is 1. The molecule has 0 saturated carbocycles. The van der Waals surface area contributed by atoms with E-state index in [-0.39, 0.29) is 11.8 Å². The number of rotatable bonds is 12. The van der Waals surface area contributed by atoms with Crippen LogP contribution in [0.15, 0.2) is 177 Å². The highest BCUT2D eigenvalue weighted by Crippen LogP contribution is 2.51. The molecular weight excluding hydrogens is 800 g/mol. The van der Waals surface area contributed by atoms with Gasteiger partial charge in [0.2, 0.25) is 5.88 Å². The van der Waals surface area contributed by atoms with Crippen molar-refractivity contribution in [3.8, 4) is 62.1 Å². The summed E-state index contributed by atoms with van der Waals surface area (Å²) >= 11 is 7.24. The van der Waals surface area contributed by atoms with E-state index in [1.807, 2.05) is 91.1 Å². The van der Waals surface area contributed by atoms with Crippen LogP contribution in [0.25, 0.3) is 55.7 Å². The van der Waals surface area contributed by atoms with Crippen LogP contribution in [-0.2, 0) is 6.54 Å². The van der Waals surface area contributed by atoms with E-state index in [0.717, 1.165) is 92.6 Å². The maximum Gasteiger partial charge on any atom is 0.227 e. The fourth-order valence-corrected chi connectivity index (χ4v) is 10.6. The van der Waals surface area contributed by atoms with Gasteiger partial charge in [0, 0.05) is 58.2 Å². The molecule has 63 heavy (non-hydrogen) atoms. The molecule has 8 heteroatoms. The molecule has 312 valence electrons. The Balaban J connectivity index is 1.18. The Bertz CT molecular complexity index is 2850. The summed E-state index contributed by atoms with van der Waals surface area (Å²) in [5, 5.41) is 12.1. The molecular formula is C55H48ClN4O3+. The van der Waals surface area contributed by atoms with Gasteiger partial charge in [0.15, 0.2) is 11.9 Å². The Hall–Kier alpha value is -6.80. The monoisotopic (exact) mass is 847 g/mol. The van der Waals surface area contributed by atoms with E-state index in [0.29, 0.717) is 34.3 Å². The summed E-state index contributed by atoms with van der Waals surface area (Å²) < 4.78 is 14.6. The topological polar surface area (TPSA) is 77.4 Å². The molecule has 0 radical (unpaired) electrons. The summed E-state index contributed by atoms with van der Waals surface area (Å²) in [5.74, 6) is 2.64. The number of fused-ring (bicyclic) bond motifs is 4. The second kappa shape index (κ2) is 17.2. The van der Waals surface area contributed by atoms with Gasteiger partial charge in [-0.3, -0.25) is 4.98 Å². The third-order valence-electron chi connectivity index (χ3n) is 13.3. The Morgan fingerprint density at radius 3 is 2.02 bits per heavy atom. The Morgan fingerprint density at radius 2 is 1.40 bits per heavy atom. The molecule has 3 aliphatic rings. The number of benzene rings is 6. The molecule has 6 aromatic carbocycles. The van der Waals surface area contributed by atoms with Crippen molar-refractivity contribution in [1.29, 1.82) is 0 Å². The lowest BCUT2D eigenvalue weighted by atomic mass is 9.71. The second-order valence-electron chi connectivity index (χ2n) is 16.9. The van der Waals surface area contributed by atoms with Gasteiger partial charge >= 0.3 is 0 Å². The highest BCUT2D eigenvalue weighted by molar-refractivity contribution is 6.32. The van der Waals surface area contributed by atoms with Crippen molar-refractivity contribution < 1.29 is 19.1 Å². The molecule has 0 amide bonds. The van der Waals surface area contributed by atoms with Gasteiger partial charge in [0.1, 0.15) is 29.2 Å². The van der Waals surface area contributed by atoms with Gasteiger partial charge in [0.05, 0.1) is 31.3 Å². The van der Waals surface area contributed by atoms with Crippen LogP contribution in [0.5, 0.6) is 17.4 Å². The van der Waals surface area contributed by atoms with E-state index in [1.165, 1.54) is 5.56 Å². The highest BCUT2D eigenvalue weighted by Gasteiger charge is 2.55. The lowest BCUT2D eigenvalue weighted by Gasteiger charge is -2.58. The van der Waals surface area contributed by atoms with Gasteiger partial charge < -0.3 is 19.1 Å². The first-order valence-electron chi connectivity index (χ1n) is 21.6. The van der Waals surface area contributed by atoms with Crippen molar-refractivity contribution in [3.05, 3.63) is 193 Å². The summed E-state index contributed by atoms with van der Waals surface area (Å²) in [6.07, 6.45) is 5.44. The lowest BCUT2D eigenvalue weighted by Crippen LogP contribution is -2.68. The van der Waals surface area contributed by atoms with Crippen LogP contribution in [0.1, 0.15) is 30.1 Å². The minimum absolute atomic E-state index is 0.0482. The van der Waals surface area contributed by atoms with E-state index in [1.54, 1.807) is 13.2 Å². The van der Waals surface area contributed by atoms with Crippen molar-refractivity contribution in [2.45, 2.75) is 31.5 Å². The van der Waals surface area contributed by atoms with E-state index in [4.69, 9.17) is 36.0 Å². The molecule has 0 aliphatic carbocycles. The minimum atomic E-state index is -0.539. The summed E-state index contributed by atoms with van der Waals surface area (Å²) in [5.41, 5.74) is 9.53. The first-order valence-corrected chi connectivity index (χ1v) is 22.0. The van der Waals surface area contributed by atoms with Crippen molar-refractivity contribution in [3.63, 3.8) is 0 Å². The third-order valence-corrected chi connectivity index (χ3v) is 13.5. The molecule has 11 rings (SSSR count). The molecule has 2 aromatic heterocycles. The fourth-order valence-electron chi connectivity index (χ4n) is 10.3. The number of aromatic hydroxyl groups is 1. The highest BCUT2D eigenvalue weighted by atomic mass is 35.5. The van der Waals surface area contributed by atoms with Crippen LogP contribution in [0, 0.1) is 11.8 Å². The molecule has 7 nitrogen and oxygen atoms in total. The van der Waals surface area contributed by atoms with Crippen molar-refractivity contribution in [2.75, 3.05) is 20.2 Å². The van der Waals surface area contributed by atoms with Crippen molar-refractivity contribution in [1.82, 2.24) is 15.0 Å². The Morgan fingerprint density at radius 1 is 0.778 bits per heavy atom. The number of halogens is 1. The first-order chi connectivity index (χ1) is 30.9. The van der Waals surface area contributed by atoms with Crippen LogP contribution >= 0.6 is 11.6 Å². The van der Waals surface area contributed by atoms with E-state index in [2.05, 4.69) is 79.4 Å². The molecule has 3 saturated heterocycles. The zero-order chi connectivity index (χ0) is 42.9. The average molecular weight is 848 g/mol. The van der Waals surface area contributed by atoms with Crippen LogP contribution in [0.4, 0.5) is 0 Å². The molecule has 5 heterocycles. The zero-order valence-corrected chi connectivity index (χ0v) is 35.9. The van der Waals surface area contributed by atoms with E-state index in [9.17, 15) is 5.11 Å². The molecule has 1 N–H and O–H groups in total. The number of piperidine rings is 3. The van der Waals surface area contributed by atoms with E-state index >= 15 is 0 Å². The number of pyridine rings is 1. The van der Waals surface area contributed by atoms with Gasteiger partial charge in [0.25, 0.3) is 0 Å². The molecule has 3 fully saturated rings. The van der Waals surface area contributed by atoms with Gasteiger partial charge in [-0.1, -0.05) is 139 Å². The smallest absolute Gasteiger partial charge is 0.227 e. The molecule has 1 unspecified atom stereocenters. The summed E-state index contributed by atoms with van der Waals surface area (Å²) in [6, 6.07) is 52.9. The molecule has 8 aromatic rings. The fraction of sp³-hybridized carbons (Fsp3) is 0.182. The summed E-state index contributed by atoms with van der Waals surface area (Å²) in [7, 11) is 1.76. The quantitative estimate of drug-likeness (QED) is 0.0750. The number of ether oxygens (including phenoxy) is 2. The molecule has 5 atom stereocenters. The molecule has 3 aliphatic heterocycles. The normalized spacial score (nSPS) is 19.7. The van der Waals surface area contributed by atoms with Gasteiger partial charge in [-0.15, -0.1) is 6.58 Å². The molecule has 2 bridgehead atoms. The van der Waals surface area contributed by atoms with Crippen LogP contribution in [-0.4, -0.2) is 50.8 Å². The summed E-state index contributed by atoms with van der Waals surface area (Å²) in [6.45, 7) is 6.97. The number of nitrogens with zero attached hydrogens (tertiary/aromatic N) is 4. The molecule has 0 spiro atoms. The Kier molecular flexibility index (Phi) is 11.0. The first kappa shape index (κ1) is 40.3. The largest absolute Gasteiger partial charge is 0.508 e. The zero-order valence-electron chi connectivity index (χ0n) is 35.1. The number of quaternary nitrogens is 1. The summed E-state index contributed by atoms with van der Waals surface area (Å²) in [4.78, 5) is 14.8. The number of phenolic OH excluding ortho intramolecular Hbond substituents is 1. The van der Waals surface area contributed by atoms with Crippen LogP contribution in [0.2, 0.25) is 5.15 Å². The number of hydrogen-bond acceptors (Lipinski definition) is 6. The maximum absolute atomic E-state index is 11.0. The van der Waals surface area contributed by atoms with Crippen molar-refractivity contribution >= 4 is 22.5 Å². The predicted octanol–water partition coefficient (Wildman–Crippen LogP) is 12.8. The number of aromatic nitrogens is 3. The number of hydrogen-bond donors (Lipinski definition) is 1. The van der Waals surface area contributed by atoms with Crippen LogP contribution in [0.3, 0.4) is 0 Å².